The van der Waals surface area contributed by atoms with Gasteiger partial charge in [0.05, 0.1) is 6.61 Å². The van der Waals surface area contributed by atoms with Crippen LogP contribution in [-0.2, 0) is 14.3 Å². The van der Waals surface area contributed by atoms with Crippen LogP contribution in [0, 0.1) is 34.5 Å². The van der Waals surface area contributed by atoms with E-state index in [0.29, 0.717) is 36.5 Å². The number of carbonyl (C=O) groups excluding carboxylic acids is 2. The molecule has 0 amide bonds. The Hall–Kier alpha value is -1.20. The molecule has 3 saturated carbocycles. The lowest BCUT2D eigenvalue weighted by Gasteiger charge is -2.60. The zero-order valence-electron chi connectivity index (χ0n) is 17.3. The van der Waals surface area contributed by atoms with E-state index in [2.05, 4.69) is 19.9 Å². The molecule has 2 N–H and O–H groups in total. The van der Waals surface area contributed by atoms with E-state index < -0.39 is 17.7 Å². The maximum Gasteiger partial charge on any atom is 0.303 e. The monoisotopic (exact) mass is 390 g/mol. The minimum Gasteiger partial charge on any atom is -0.457 e. The lowest BCUT2D eigenvalue weighted by Crippen LogP contribution is -2.60. The van der Waals surface area contributed by atoms with Gasteiger partial charge in [0.15, 0.2) is 11.9 Å². The molecule has 0 radical (unpaired) electrons. The summed E-state index contributed by atoms with van der Waals surface area (Å²) in [4.78, 5) is 23.5. The molecule has 0 spiro atoms. The minimum absolute atomic E-state index is 0.0606. The molecule has 5 heteroatoms. The van der Waals surface area contributed by atoms with E-state index in [0.717, 1.165) is 32.1 Å². The molecule has 0 aromatic carbocycles. The summed E-state index contributed by atoms with van der Waals surface area (Å²) in [6, 6.07) is 0. The molecule has 4 aliphatic carbocycles. The van der Waals surface area contributed by atoms with Crippen molar-refractivity contribution in [3.63, 3.8) is 0 Å². The highest BCUT2D eigenvalue weighted by atomic mass is 16.6. The standard InChI is InChI=1S/C23H34O5/c1-14(25)28-20(13-24)23(27)11-8-19-17-5-4-15-12-16(26)6-9-21(15,2)18(17)7-10-22(19,23)3/h6,9,15,17-20,24,27H,4-5,7-8,10-13H2,1-3H3/t15-,17+,18-,19-,20-,21-,22-,23-/m0/s1. The van der Waals surface area contributed by atoms with E-state index in [1.165, 1.54) is 6.92 Å². The Labute approximate surface area is 167 Å². The molecule has 3 fully saturated rings. The minimum atomic E-state index is -1.18. The van der Waals surface area contributed by atoms with Crippen LogP contribution in [0.2, 0.25) is 0 Å². The summed E-state index contributed by atoms with van der Waals surface area (Å²) in [7, 11) is 0. The lowest BCUT2D eigenvalue weighted by atomic mass is 9.45. The highest BCUT2D eigenvalue weighted by Gasteiger charge is 2.66. The molecule has 0 unspecified atom stereocenters. The fourth-order valence-corrected chi connectivity index (χ4v) is 7.70. The van der Waals surface area contributed by atoms with Crippen molar-refractivity contribution in [3.05, 3.63) is 12.2 Å². The zero-order chi connectivity index (χ0) is 20.3. The predicted octanol–water partition coefficient (Wildman–Crippen LogP) is 3.03. The molecule has 0 heterocycles. The quantitative estimate of drug-likeness (QED) is 0.724. The highest BCUT2D eigenvalue weighted by Crippen LogP contribution is 2.68. The van der Waals surface area contributed by atoms with Crippen LogP contribution in [0.3, 0.4) is 0 Å². The maximum absolute atomic E-state index is 12.0. The number of rotatable bonds is 3. The smallest absolute Gasteiger partial charge is 0.303 e. The van der Waals surface area contributed by atoms with Crippen LogP contribution in [0.5, 0.6) is 0 Å². The first kappa shape index (κ1) is 20.1. The zero-order valence-corrected chi connectivity index (χ0v) is 17.3. The summed E-state index contributed by atoms with van der Waals surface area (Å²) in [5.41, 5.74) is -1.49. The van der Waals surface area contributed by atoms with Gasteiger partial charge in [-0.1, -0.05) is 19.9 Å². The van der Waals surface area contributed by atoms with Gasteiger partial charge in [0.25, 0.3) is 0 Å². The van der Waals surface area contributed by atoms with Crippen molar-refractivity contribution < 1.29 is 24.5 Å². The SMILES string of the molecule is CC(=O)O[C@@H](CO)[C@@]1(O)CC[C@H]2[C@@H]3CC[C@H]4CC(=O)C=C[C@]4(C)[C@H]3CC[C@@]21C. The average molecular weight is 391 g/mol. The molecule has 0 bridgehead atoms. The number of ether oxygens (including phenoxy) is 1. The van der Waals surface area contributed by atoms with Crippen molar-refractivity contribution >= 4 is 11.8 Å². The van der Waals surface area contributed by atoms with Crippen molar-refractivity contribution in [2.45, 2.75) is 77.4 Å². The van der Waals surface area contributed by atoms with E-state index >= 15 is 0 Å². The Morgan fingerprint density at radius 3 is 2.61 bits per heavy atom. The number of hydrogen-bond donors (Lipinski definition) is 2. The van der Waals surface area contributed by atoms with Crippen molar-refractivity contribution in [1.29, 1.82) is 0 Å². The van der Waals surface area contributed by atoms with Gasteiger partial charge in [0.2, 0.25) is 0 Å². The molecule has 0 saturated heterocycles. The Balaban J connectivity index is 1.64. The second-order valence-electron chi connectivity index (χ2n) is 10.2. The third-order valence-corrected chi connectivity index (χ3v) is 9.26. The lowest BCUT2D eigenvalue weighted by molar-refractivity contribution is -0.205. The number of carbonyl (C=O) groups is 2. The van der Waals surface area contributed by atoms with E-state index in [9.17, 15) is 19.8 Å². The summed E-state index contributed by atoms with van der Waals surface area (Å²) in [5, 5.41) is 21.6. The average Bonchev–Trinajstić information content (AvgIpc) is 2.92. The summed E-state index contributed by atoms with van der Waals surface area (Å²) in [6.07, 6.45) is 9.25. The molecule has 0 aliphatic heterocycles. The summed E-state index contributed by atoms with van der Waals surface area (Å²) in [6.45, 7) is 5.45. The molecule has 4 rings (SSSR count). The highest BCUT2D eigenvalue weighted by molar-refractivity contribution is 5.91. The third-order valence-electron chi connectivity index (χ3n) is 9.26. The Bertz CT molecular complexity index is 701. The van der Waals surface area contributed by atoms with E-state index in [4.69, 9.17) is 4.74 Å². The van der Waals surface area contributed by atoms with Gasteiger partial charge < -0.3 is 14.9 Å². The van der Waals surface area contributed by atoms with E-state index in [1.54, 1.807) is 6.08 Å². The van der Waals surface area contributed by atoms with E-state index in [-0.39, 0.29) is 23.2 Å². The van der Waals surface area contributed by atoms with Crippen molar-refractivity contribution in [1.82, 2.24) is 0 Å². The predicted molar refractivity (Wildman–Crippen MR) is 104 cm³/mol. The van der Waals surface area contributed by atoms with Crippen LogP contribution >= 0.6 is 0 Å². The summed E-state index contributed by atoms with van der Waals surface area (Å²) < 4.78 is 5.37. The summed E-state index contributed by atoms with van der Waals surface area (Å²) in [5.74, 6) is 1.61. The van der Waals surface area contributed by atoms with Crippen LogP contribution < -0.4 is 0 Å². The number of ketones is 1. The third kappa shape index (κ3) is 2.65. The number of aliphatic hydroxyl groups is 2. The van der Waals surface area contributed by atoms with Gasteiger partial charge in [0.1, 0.15) is 5.60 Å². The van der Waals surface area contributed by atoms with Crippen molar-refractivity contribution in [3.8, 4) is 0 Å². The molecule has 156 valence electrons. The molecule has 8 atom stereocenters. The number of allylic oxidation sites excluding steroid dienone is 2. The second kappa shape index (κ2) is 6.66. The molecule has 4 aliphatic rings. The normalized spacial score (nSPS) is 48.4. The largest absolute Gasteiger partial charge is 0.457 e. The van der Waals surface area contributed by atoms with Crippen LogP contribution in [0.15, 0.2) is 12.2 Å². The molecule has 0 aromatic heterocycles. The molecule has 5 nitrogen and oxygen atoms in total. The van der Waals surface area contributed by atoms with Crippen LogP contribution in [0.1, 0.15) is 65.7 Å². The van der Waals surface area contributed by atoms with Crippen LogP contribution in [0.4, 0.5) is 0 Å². The van der Waals surface area contributed by atoms with Crippen LogP contribution in [0.25, 0.3) is 0 Å². The van der Waals surface area contributed by atoms with Crippen molar-refractivity contribution in [2.24, 2.45) is 34.5 Å². The van der Waals surface area contributed by atoms with Gasteiger partial charge in [-0.3, -0.25) is 9.59 Å². The molecule has 0 aromatic rings. The Morgan fingerprint density at radius 1 is 1.21 bits per heavy atom. The van der Waals surface area contributed by atoms with Gasteiger partial charge >= 0.3 is 5.97 Å². The Kier molecular flexibility index (Phi) is 4.78. The molecular formula is C23H34O5. The first-order valence-electron chi connectivity index (χ1n) is 10.9. The fourth-order valence-electron chi connectivity index (χ4n) is 7.70. The van der Waals surface area contributed by atoms with Gasteiger partial charge in [0, 0.05) is 18.8 Å². The maximum atomic E-state index is 12.0. The summed E-state index contributed by atoms with van der Waals surface area (Å²) >= 11 is 0. The van der Waals surface area contributed by atoms with Gasteiger partial charge in [-0.2, -0.15) is 0 Å². The van der Waals surface area contributed by atoms with E-state index in [1.807, 2.05) is 0 Å². The van der Waals surface area contributed by atoms with Crippen molar-refractivity contribution in [2.75, 3.05) is 6.61 Å². The topological polar surface area (TPSA) is 83.8 Å². The van der Waals surface area contributed by atoms with Gasteiger partial charge in [-0.15, -0.1) is 0 Å². The molecular weight excluding hydrogens is 356 g/mol. The number of hydrogen-bond acceptors (Lipinski definition) is 5. The number of aliphatic hydroxyl groups excluding tert-OH is 1. The van der Waals surface area contributed by atoms with Gasteiger partial charge in [-0.25, -0.2) is 0 Å². The fraction of sp³-hybridized carbons (Fsp3) is 0.826. The van der Waals surface area contributed by atoms with Gasteiger partial charge in [-0.05, 0) is 73.7 Å². The van der Waals surface area contributed by atoms with Crippen LogP contribution in [-0.4, -0.2) is 40.3 Å². The molecule has 28 heavy (non-hydrogen) atoms. The number of fused-ring (bicyclic) bond motifs is 5. The Morgan fingerprint density at radius 2 is 1.93 bits per heavy atom. The number of esters is 1. The second-order valence-corrected chi connectivity index (χ2v) is 10.2. The first-order valence-corrected chi connectivity index (χ1v) is 10.9. The first-order chi connectivity index (χ1) is 13.2.